The summed E-state index contributed by atoms with van der Waals surface area (Å²) in [5.41, 5.74) is 0. The van der Waals surface area contributed by atoms with E-state index in [1.807, 2.05) is 19.9 Å². The summed E-state index contributed by atoms with van der Waals surface area (Å²) in [6, 6.07) is 3.65. The Morgan fingerprint density at radius 3 is 1.54 bits per heavy atom. The van der Waals surface area contributed by atoms with E-state index < -0.39 is 8.32 Å². The summed E-state index contributed by atoms with van der Waals surface area (Å²) in [4.78, 5) is 26.3. The summed E-state index contributed by atoms with van der Waals surface area (Å²) >= 11 is 12.0. The number of piperazine rings is 2. The van der Waals surface area contributed by atoms with Crippen LogP contribution in [0, 0.1) is 13.8 Å². The highest BCUT2D eigenvalue weighted by atomic mass is 35.5. The lowest BCUT2D eigenvalue weighted by Crippen LogP contribution is -2.49. The van der Waals surface area contributed by atoms with Crippen LogP contribution < -0.4 is 9.80 Å². The van der Waals surface area contributed by atoms with Crippen LogP contribution in [-0.4, -0.2) is 122 Å². The Morgan fingerprint density at radius 2 is 1.17 bits per heavy atom. The first-order chi connectivity index (χ1) is 19.3. The SMILES string of the molecule is Cc1nc(Cl)cc(N2CCN(CCO)CC2)n1.Cc1nc(Cl)cc(N2CCN(CCO[Si](C)(C)C(C)(C)C)CC2)n1. The molecule has 2 aromatic rings. The van der Waals surface area contributed by atoms with Crippen molar-refractivity contribution in [3.8, 4) is 0 Å². The monoisotopic (exact) mass is 626 g/mol. The smallest absolute Gasteiger partial charge is 0.192 e. The molecule has 2 saturated heterocycles. The maximum Gasteiger partial charge on any atom is 0.192 e. The predicted molar refractivity (Wildman–Crippen MR) is 171 cm³/mol. The molecule has 2 aromatic heterocycles. The highest BCUT2D eigenvalue weighted by Crippen LogP contribution is 2.36. The minimum atomic E-state index is -1.64. The molecule has 2 aliphatic rings. The van der Waals surface area contributed by atoms with E-state index in [4.69, 9.17) is 32.7 Å². The lowest BCUT2D eigenvalue weighted by atomic mass is 10.2. The Hall–Kier alpha value is -1.60. The summed E-state index contributed by atoms with van der Waals surface area (Å²) in [5, 5.41) is 10.2. The van der Waals surface area contributed by atoms with Crippen molar-refractivity contribution in [1.82, 2.24) is 29.7 Å². The second-order valence-corrected chi connectivity index (χ2v) is 17.8. The van der Waals surface area contributed by atoms with Gasteiger partial charge in [0.1, 0.15) is 33.6 Å². The lowest BCUT2D eigenvalue weighted by molar-refractivity contribution is 0.188. The van der Waals surface area contributed by atoms with Gasteiger partial charge in [0, 0.05) is 84.2 Å². The molecule has 0 aliphatic carbocycles. The highest BCUT2D eigenvalue weighted by Gasteiger charge is 2.37. The number of β-amino-alcohol motifs (C(OH)–C–C–N with tert-alkyl or cyclic N) is 1. The number of rotatable bonds is 8. The zero-order chi connectivity index (χ0) is 30.2. The second kappa shape index (κ2) is 15.2. The normalized spacial score (nSPS) is 17.4. The maximum atomic E-state index is 8.88. The van der Waals surface area contributed by atoms with Gasteiger partial charge in [0.25, 0.3) is 0 Å². The second-order valence-electron chi connectivity index (χ2n) is 12.2. The molecule has 2 aliphatic heterocycles. The molecule has 1 N–H and O–H groups in total. The number of aliphatic hydroxyl groups is 1. The van der Waals surface area contributed by atoms with Gasteiger partial charge >= 0.3 is 0 Å². The third kappa shape index (κ3) is 10.6. The van der Waals surface area contributed by atoms with Gasteiger partial charge in [-0.05, 0) is 32.0 Å². The average molecular weight is 628 g/mol. The number of halogens is 2. The number of nitrogens with zero attached hydrogens (tertiary/aromatic N) is 8. The van der Waals surface area contributed by atoms with Crippen LogP contribution in [0.1, 0.15) is 32.4 Å². The van der Waals surface area contributed by atoms with Gasteiger partial charge in [-0.2, -0.15) is 0 Å². The molecule has 0 atom stereocenters. The van der Waals surface area contributed by atoms with E-state index in [0.29, 0.717) is 16.1 Å². The highest BCUT2D eigenvalue weighted by molar-refractivity contribution is 6.74. The molecule has 2 fully saturated rings. The summed E-state index contributed by atoms with van der Waals surface area (Å²) in [6.45, 7) is 25.7. The fourth-order valence-corrected chi connectivity index (χ4v) is 6.02. The quantitative estimate of drug-likeness (QED) is 0.340. The fourth-order valence-electron chi connectivity index (χ4n) is 4.55. The van der Waals surface area contributed by atoms with Crippen LogP contribution in [-0.2, 0) is 4.43 Å². The summed E-state index contributed by atoms with van der Waals surface area (Å²) in [6.07, 6.45) is 0. The van der Waals surface area contributed by atoms with Gasteiger partial charge in [-0.1, -0.05) is 44.0 Å². The van der Waals surface area contributed by atoms with Crippen molar-refractivity contribution in [1.29, 1.82) is 0 Å². The first-order valence-corrected chi connectivity index (χ1v) is 18.2. The largest absolute Gasteiger partial charge is 0.416 e. The Balaban J connectivity index is 0.000000239. The van der Waals surface area contributed by atoms with Gasteiger partial charge in [0.05, 0.1) is 6.61 Å². The third-order valence-electron chi connectivity index (χ3n) is 8.07. The molecule has 4 heterocycles. The minimum absolute atomic E-state index is 0.221. The van der Waals surface area contributed by atoms with Gasteiger partial charge in [0.15, 0.2) is 8.32 Å². The van der Waals surface area contributed by atoms with Gasteiger partial charge in [-0.25, -0.2) is 19.9 Å². The van der Waals surface area contributed by atoms with Crippen LogP contribution in [0.15, 0.2) is 12.1 Å². The molecule has 0 radical (unpaired) electrons. The van der Waals surface area contributed by atoms with Gasteiger partial charge < -0.3 is 19.3 Å². The molecule has 0 unspecified atom stereocenters. The maximum absolute atomic E-state index is 8.88. The van der Waals surface area contributed by atoms with E-state index in [1.165, 1.54) is 0 Å². The van der Waals surface area contributed by atoms with Crippen LogP contribution in [0.4, 0.5) is 11.6 Å². The van der Waals surface area contributed by atoms with Crippen molar-refractivity contribution in [3.63, 3.8) is 0 Å². The van der Waals surface area contributed by atoms with Crippen molar-refractivity contribution >= 4 is 43.2 Å². The van der Waals surface area contributed by atoms with Gasteiger partial charge in [0.2, 0.25) is 0 Å². The molecule has 230 valence electrons. The van der Waals surface area contributed by atoms with Crippen LogP contribution in [0.5, 0.6) is 0 Å². The van der Waals surface area contributed by atoms with E-state index in [9.17, 15) is 0 Å². The molecule has 10 nitrogen and oxygen atoms in total. The van der Waals surface area contributed by atoms with Crippen LogP contribution in [0.3, 0.4) is 0 Å². The topological polar surface area (TPSA) is 94.0 Å². The number of aromatic nitrogens is 4. The Labute approximate surface area is 257 Å². The Morgan fingerprint density at radius 1 is 0.756 bits per heavy atom. The third-order valence-corrected chi connectivity index (χ3v) is 13.0. The minimum Gasteiger partial charge on any atom is -0.416 e. The van der Waals surface area contributed by atoms with Crippen molar-refractivity contribution in [2.75, 3.05) is 88.5 Å². The standard InChI is InChI=1S/C17H31ClN4OSi.C11H17ClN4O/c1-14-19-15(18)13-16(20-14)22-9-7-21(8-10-22)11-12-23-24(5,6)17(2,3)4;1-9-13-10(12)8-11(14-9)16-4-2-15(3-5-16)6-7-17/h13H,7-12H2,1-6H3;8,17H,2-7H2,1H3. The van der Waals surface area contributed by atoms with E-state index in [1.54, 1.807) is 6.07 Å². The van der Waals surface area contributed by atoms with Crippen molar-refractivity contribution in [3.05, 3.63) is 34.1 Å². The molecular weight excluding hydrogens is 579 g/mol. The Kier molecular flexibility index (Phi) is 12.6. The van der Waals surface area contributed by atoms with Crippen molar-refractivity contribution < 1.29 is 9.53 Å². The fraction of sp³-hybridized carbons (Fsp3) is 0.714. The number of hydrogen-bond donors (Lipinski definition) is 1. The number of anilines is 2. The van der Waals surface area contributed by atoms with Gasteiger partial charge in [-0.15, -0.1) is 0 Å². The van der Waals surface area contributed by atoms with Crippen LogP contribution in [0.25, 0.3) is 0 Å². The summed E-state index contributed by atoms with van der Waals surface area (Å²) in [7, 11) is -1.64. The predicted octanol–water partition coefficient (Wildman–Crippen LogP) is 4.13. The summed E-state index contributed by atoms with van der Waals surface area (Å²) < 4.78 is 6.29. The molecular formula is C28H48Cl2N8O2Si. The summed E-state index contributed by atoms with van der Waals surface area (Å²) in [5.74, 6) is 3.25. The van der Waals surface area contributed by atoms with Crippen molar-refractivity contribution in [2.24, 2.45) is 0 Å². The molecule has 0 amide bonds. The molecule has 4 rings (SSSR count). The number of aliphatic hydroxyl groups excluding tert-OH is 1. The molecule has 0 aromatic carbocycles. The zero-order valence-electron chi connectivity index (χ0n) is 25.8. The van der Waals surface area contributed by atoms with Crippen LogP contribution in [0.2, 0.25) is 28.4 Å². The number of aryl methyl sites for hydroxylation is 2. The lowest BCUT2D eigenvalue weighted by Gasteiger charge is -2.38. The molecule has 13 heteroatoms. The Bertz CT molecular complexity index is 1060. The molecule has 0 saturated carbocycles. The first-order valence-electron chi connectivity index (χ1n) is 14.5. The van der Waals surface area contributed by atoms with Crippen LogP contribution >= 0.6 is 23.2 Å². The average Bonchev–Trinajstić information content (AvgIpc) is 2.88. The number of hydrogen-bond acceptors (Lipinski definition) is 10. The first kappa shape index (κ1) is 33.9. The van der Waals surface area contributed by atoms with E-state index in [-0.39, 0.29) is 11.6 Å². The molecule has 0 bridgehead atoms. The molecule has 41 heavy (non-hydrogen) atoms. The van der Waals surface area contributed by atoms with E-state index >= 15 is 0 Å². The zero-order valence-corrected chi connectivity index (χ0v) is 28.3. The van der Waals surface area contributed by atoms with E-state index in [2.05, 4.69) is 73.4 Å². The van der Waals surface area contributed by atoms with Gasteiger partial charge in [-0.3, -0.25) is 9.80 Å². The van der Waals surface area contributed by atoms with Crippen molar-refractivity contribution in [2.45, 2.75) is 52.8 Å². The van der Waals surface area contributed by atoms with E-state index in [0.717, 1.165) is 89.5 Å². The molecule has 0 spiro atoms.